The predicted molar refractivity (Wildman–Crippen MR) is 80.9 cm³/mol. The molecule has 4 nitrogen and oxygen atoms in total. The van der Waals surface area contributed by atoms with Crippen LogP contribution < -0.4 is 10.0 Å². The molecule has 1 aromatic rings. The zero-order valence-corrected chi connectivity index (χ0v) is 13.3. The molecule has 1 fully saturated rings. The van der Waals surface area contributed by atoms with Crippen LogP contribution in [0.2, 0.25) is 0 Å². The van der Waals surface area contributed by atoms with Crippen LogP contribution in [0.4, 0.5) is 4.39 Å². The van der Waals surface area contributed by atoms with Crippen LogP contribution in [-0.4, -0.2) is 21.0 Å². The summed E-state index contributed by atoms with van der Waals surface area (Å²) in [6, 6.07) is 4.79. The molecule has 1 aromatic carbocycles. The third kappa shape index (κ3) is 5.05. The Hall–Kier alpha value is -0.980. The molecule has 0 atom stereocenters. The first-order valence-corrected chi connectivity index (χ1v) is 8.88. The maximum Gasteiger partial charge on any atom is 0.243 e. The van der Waals surface area contributed by atoms with Gasteiger partial charge in [-0.1, -0.05) is 19.9 Å². The van der Waals surface area contributed by atoms with Crippen LogP contribution in [0.3, 0.4) is 0 Å². The fourth-order valence-corrected chi connectivity index (χ4v) is 3.15. The van der Waals surface area contributed by atoms with E-state index in [1.807, 2.05) is 13.8 Å². The lowest BCUT2D eigenvalue weighted by molar-refractivity contribution is 0.539. The highest BCUT2D eigenvalue weighted by Crippen LogP contribution is 2.21. The molecular weight excluding hydrogens is 291 g/mol. The Balaban J connectivity index is 2.06. The van der Waals surface area contributed by atoms with E-state index in [1.165, 1.54) is 12.1 Å². The maximum absolute atomic E-state index is 13.8. The smallest absolute Gasteiger partial charge is 0.243 e. The second kappa shape index (κ2) is 6.85. The molecule has 6 heteroatoms. The lowest BCUT2D eigenvalue weighted by atomic mass is 10.1. The minimum absolute atomic E-state index is 0.263. The van der Waals surface area contributed by atoms with Gasteiger partial charge in [-0.05, 0) is 42.9 Å². The van der Waals surface area contributed by atoms with Crippen molar-refractivity contribution in [2.75, 3.05) is 6.54 Å². The van der Waals surface area contributed by atoms with Crippen molar-refractivity contribution in [1.29, 1.82) is 0 Å². The summed E-state index contributed by atoms with van der Waals surface area (Å²) in [5.41, 5.74) is 0.785. The van der Waals surface area contributed by atoms with Crippen molar-refractivity contribution < 1.29 is 12.8 Å². The second-order valence-electron chi connectivity index (χ2n) is 6.00. The van der Waals surface area contributed by atoms with Gasteiger partial charge in [-0.3, -0.25) is 0 Å². The van der Waals surface area contributed by atoms with E-state index < -0.39 is 15.8 Å². The van der Waals surface area contributed by atoms with Gasteiger partial charge in [-0.25, -0.2) is 17.5 Å². The second-order valence-corrected chi connectivity index (χ2v) is 7.74. The maximum atomic E-state index is 13.8. The normalized spacial score (nSPS) is 15.6. The molecule has 0 heterocycles. The molecule has 2 rings (SSSR count). The molecule has 0 amide bonds. The molecule has 1 aliphatic carbocycles. The number of rotatable bonds is 8. The number of hydrogen-bond acceptors (Lipinski definition) is 3. The standard InChI is InChI=1S/C15H23FN2O2S/c1-11(2)7-8-18-21(19,20)15-9-12(3-6-14(15)16)10-17-13-4-5-13/h3,6,9,11,13,17-18H,4-5,7-8,10H2,1-2H3. The lowest BCUT2D eigenvalue weighted by Gasteiger charge is -2.11. The van der Waals surface area contributed by atoms with E-state index >= 15 is 0 Å². The highest BCUT2D eigenvalue weighted by atomic mass is 32.2. The largest absolute Gasteiger partial charge is 0.310 e. The van der Waals surface area contributed by atoms with Crippen LogP contribution in [0, 0.1) is 11.7 Å². The van der Waals surface area contributed by atoms with Crippen molar-refractivity contribution in [1.82, 2.24) is 10.0 Å². The number of benzene rings is 1. The molecule has 1 aliphatic rings. The first-order valence-electron chi connectivity index (χ1n) is 7.40. The van der Waals surface area contributed by atoms with Crippen molar-refractivity contribution in [2.45, 2.75) is 50.6 Å². The van der Waals surface area contributed by atoms with Gasteiger partial charge in [0.15, 0.2) is 0 Å². The molecule has 118 valence electrons. The van der Waals surface area contributed by atoms with E-state index in [2.05, 4.69) is 10.0 Å². The van der Waals surface area contributed by atoms with Crippen molar-refractivity contribution in [3.05, 3.63) is 29.6 Å². The van der Waals surface area contributed by atoms with Gasteiger partial charge >= 0.3 is 0 Å². The van der Waals surface area contributed by atoms with Crippen LogP contribution >= 0.6 is 0 Å². The van der Waals surface area contributed by atoms with E-state index in [0.717, 1.165) is 24.8 Å². The fourth-order valence-electron chi connectivity index (χ4n) is 1.97. The van der Waals surface area contributed by atoms with Gasteiger partial charge in [0.05, 0.1) is 0 Å². The summed E-state index contributed by atoms with van der Waals surface area (Å²) in [6.45, 7) is 4.92. The van der Waals surface area contributed by atoms with Gasteiger partial charge in [-0.2, -0.15) is 0 Å². The summed E-state index contributed by atoms with van der Waals surface area (Å²) in [4.78, 5) is -0.263. The molecule has 0 unspecified atom stereocenters. The van der Waals surface area contributed by atoms with Crippen molar-refractivity contribution >= 4 is 10.0 Å². The molecule has 0 aliphatic heterocycles. The Kier molecular flexibility index (Phi) is 5.35. The summed E-state index contributed by atoms with van der Waals surface area (Å²) >= 11 is 0. The van der Waals surface area contributed by atoms with Gasteiger partial charge in [0.2, 0.25) is 10.0 Å². The minimum atomic E-state index is -3.78. The zero-order valence-electron chi connectivity index (χ0n) is 12.5. The van der Waals surface area contributed by atoms with E-state index in [0.29, 0.717) is 25.0 Å². The molecule has 1 saturated carbocycles. The van der Waals surface area contributed by atoms with Crippen molar-refractivity contribution in [3.8, 4) is 0 Å². The first-order chi connectivity index (χ1) is 9.88. The average Bonchev–Trinajstić information content (AvgIpc) is 3.21. The van der Waals surface area contributed by atoms with Crippen LogP contribution in [0.25, 0.3) is 0 Å². The monoisotopic (exact) mass is 314 g/mol. The first kappa shape index (κ1) is 16.4. The summed E-state index contributed by atoms with van der Waals surface area (Å²) < 4.78 is 40.6. The summed E-state index contributed by atoms with van der Waals surface area (Å²) in [6.07, 6.45) is 3.04. The summed E-state index contributed by atoms with van der Waals surface area (Å²) in [5.74, 6) is -0.311. The zero-order chi connectivity index (χ0) is 15.5. The fraction of sp³-hybridized carbons (Fsp3) is 0.600. The SMILES string of the molecule is CC(C)CCNS(=O)(=O)c1cc(CNC2CC2)ccc1F. The Morgan fingerprint density at radius 1 is 1.33 bits per heavy atom. The van der Waals surface area contributed by atoms with Gasteiger partial charge in [0.1, 0.15) is 10.7 Å². The summed E-state index contributed by atoms with van der Waals surface area (Å²) in [5, 5.41) is 3.29. The van der Waals surface area contributed by atoms with Crippen LogP contribution in [0.15, 0.2) is 23.1 Å². The molecule has 2 N–H and O–H groups in total. The van der Waals surface area contributed by atoms with E-state index in [9.17, 15) is 12.8 Å². The third-order valence-corrected chi connectivity index (χ3v) is 4.95. The number of halogens is 1. The van der Waals surface area contributed by atoms with Gasteiger partial charge in [0, 0.05) is 19.1 Å². The third-order valence-electron chi connectivity index (χ3n) is 3.47. The number of sulfonamides is 1. The van der Waals surface area contributed by atoms with E-state index in [1.54, 1.807) is 6.07 Å². The number of nitrogens with one attached hydrogen (secondary N) is 2. The van der Waals surface area contributed by atoms with Crippen molar-refractivity contribution in [3.63, 3.8) is 0 Å². The Labute approximate surface area is 126 Å². The Morgan fingerprint density at radius 3 is 2.67 bits per heavy atom. The highest BCUT2D eigenvalue weighted by molar-refractivity contribution is 7.89. The molecule has 0 aromatic heterocycles. The molecule has 0 saturated heterocycles. The molecule has 0 bridgehead atoms. The van der Waals surface area contributed by atoms with Gasteiger partial charge in [0.25, 0.3) is 0 Å². The predicted octanol–water partition coefficient (Wildman–Crippen LogP) is 2.40. The Bertz CT molecular complexity index is 583. The van der Waals surface area contributed by atoms with E-state index in [-0.39, 0.29) is 4.90 Å². The van der Waals surface area contributed by atoms with E-state index in [4.69, 9.17) is 0 Å². The van der Waals surface area contributed by atoms with Gasteiger partial charge < -0.3 is 5.32 Å². The van der Waals surface area contributed by atoms with Crippen LogP contribution in [0.1, 0.15) is 38.7 Å². The lowest BCUT2D eigenvalue weighted by Crippen LogP contribution is -2.26. The van der Waals surface area contributed by atoms with Crippen LogP contribution in [-0.2, 0) is 16.6 Å². The average molecular weight is 314 g/mol. The minimum Gasteiger partial charge on any atom is -0.310 e. The van der Waals surface area contributed by atoms with Crippen LogP contribution in [0.5, 0.6) is 0 Å². The van der Waals surface area contributed by atoms with Gasteiger partial charge in [-0.15, -0.1) is 0 Å². The number of hydrogen-bond donors (Lipinski definition) is 2. The summed E-state index contributed by atoms with van der Waals surface area (Å²) in [7, 11) is -3.78. The topological polar surface area (TPSA) is 58.2 Å². The Morgan fingerprint density at radius 2 is 2.05 bits per heavy atom. The molecule has 21 heavy (non-hydrogen) atoms. The molecule has 0 spiro atoms. The molecule has 0 radical (unpaired) electrons. The highest BCUT2D eigenvalue weighted by Gasteiger charge is 2.22. The van der Waals surface area contributed by atoms with Crippen molar-refractivity contribution in [2.24, 2.45) is 5.92 Å². The quantitative estimate of drug-likeness (QED) is 0.774. The molecular formula is C15H23FN2O2S.